The number of aliphatic hydroxyl groups is 1. The van der Waals surface area contributed by atoms with Crippen molar-refractivity contribution in [2.24, 2.45) is 0 Å². The van der Waals surface area contributed by atoms with E-state index in [0.717, 1.165) is 25.1 Å². The first-order valence-corrected chi connectivity index (χ1v) is 6.99. The number of thiophene rings is 1. The van der Waals surface area contributed by atoms with Crippen LogP contribution >= 0.6 is 11.3 Å². The van der Waals surface area contributed by atoms with Crippen LogP contribution in [0.4, 0.5) is 0 Å². The van der Waals surface area contributed by atoms with Crippen molar-refractivity contribution in [1.29, 1.82) is 0 Å². The fraction of sp³-hybridized carbons (Fsp3) is 0.462. The van der Waals surface area contributed by atoms with Crippen LogP contribution in [0, 0.1) is 0 Å². The Balaban J connectivity index is 1.95. The van der Waals surface area contributed by atoms with Gasteiger partial charge in [0.2, 0.25) is 0 Å². The van der Waals surface area contributed by atoms with Gasteiger partial charge in [-0.15, -0.1) is 11.3 Å². The third-order valence-corrected chi connectivity index (χ3v) is 4.33. The number of hydrogen-bond donors (Lipinski definition) is 1. The van der Waals surface area contributed by atoms with Crippen LogP contribution in [0.2, 0.25) is 0 Å². The van der Waals surface area contributed by atoms with E-state index in [4.69, 9.17) is 0 Å². The van der Waals surface area contributed by atoms with E-state index in [-0.39, 0.29) is 12.1 Å². The lowest BCUT2D eigenvalue weighted by Crippen LogP contribution is -2.27. The number of imidazole rings is 1. The molecule has 1 N–H and O–H groups in total. The van der Waals surface area contributed by atoms with Crippen molar-refractivity contribution in [2.75, 3.05) is 0 Å². The molecule has 1 aliphatic rings. The molecule has 1 fully saturated rings. The fourth-order valence-corrected chi connectivity index (χ4v) is 3.32. The van der Waals surface area contributed by atoms with E-state index in [0.29, 0.717) is 0 Å². The first kappa shape index (κ1) is 11.0. The zero-order chi connectivity index (χ0) is 11.7. The summed E-state index contributed by atoms with van der Waals surface area (Å²) in [6.07, 6.45) is 7.90. The van der Waals surface area contributed by atoms with Crippen LogP contribution < -0.4 is 0 Å². The highest BCUT2D eigenvalue weighted by molar-refractivity contribution is 7.13. The average molecular weight is 248 g/mol. The molecule has 2 heterocycles. The highest BCUT2D eigenvalue weighted by Gasteiger charge is 2.26. The molecule has 2 atom stereocenters. The van der Waals surface area contributed by atoms with Crippen LogP contribution in [0.5, 0.6) is 0 Å². The first-order valence-electron chi connectivity index (χ1n) is 6.11. The summed E-state index contributed by atoms with van der Waals surface area (Å²) < 4.78 is 2.15. The summed E-state index contributed by atoms with van der Waals surface area (Å²) in [4.78, 5) is 5.60. The summed E-state index contributed by atoms with van der Waals surface area (Å²) in [5.41, 5.74) is 0. The van der Waals surface area contributed by atoms with Crippen molar-refractivity contribution < 1.29 is 5.11 Å². The Morgan fingerprint density at radius 2 is 2.24 bits per heavy atom. The highest BCUT2D eigenvalue weighted by atomic mass is 32.1. The number of rotatable bonds is 2. The van der Waals surface area contributed by atoms with Gasteiger partial charge in [0, 0.05) is 12.4 Å². The number of hydrogen-bond acceptors (Lipinski definition) is 3. The van der Waals surface area contributed by atoms with Gasteiger partial charge in [0.1, 0.15) is 5.82 Å². The molecule has 2 aromatic rings. The molecule has 2 unspecified atom stereocenters. The predicted molar refractivity (Wildman–Crippen MR) is 69.1 cm³/mol. The maximum Gasteiger partial charge on any atom is 0.150 e. The van der Waals surface area contributed by atoms with Crippen molar-refractivity contribution in [2.45, 2.75) is 37.8 Å². The standard InChI is InChI=1S/C13H16N2OS/c16-11-5-2-1-4-10(11)15-8-7-14-13(15)12-6-3-9-17-12/h3,6-11,16H,1-2,4-5H2. The van der Waals surface area contributed by atoms with Crippen LogP contribution in [0.3, 0.4) is 0 Å². The summed E-state index contributed by atoms with van der Waals surface area (Å²) >= 11 is 1.70. The maximum absolute atomic E-state index is 10.1. The van der Waals surface area contributed by atoms with E-state index < -0.39 is 0 Å². The van der Waals surface area contributed by atoms with Crippen molar-refractivity contribution >= 4 is 11.3 Å². The Morgan fingerprint density at radius 1 is 1.35 bits per heavy atom. The number of nitrogens with zero attached hydrogens (tertiary/aromatic N) is 2. The van der Waals surface area contributed by atoms with E-state index in [9.17, 15) is 5.11 Å². The van der Waals surface area contributed by atoms with E-state index >= 15 is 0 Å². The molecule has 17 heavy (non-hydrogen) atoms. The van der Waals surface area contributed by atoms with Gasteiger partial charge in [0.05, 0.1) is 17.0 Å². The minimum atomic E-state index is -0.225. The Morgan fingerprint density at radius 3 is 3.00 bits per heavy atom. The van der Waals surface area contributed by atoms with Gasteiger partial charge in [-0.2, -0.15) is 0 Å². The molecule has 3 nitrogen and oxygen atoms in total. The zero-order valence-corrected chi connectivity index (χ0v) is 10.4. The van der Waals surface area contributed by atoms with E-state index in [1.54, 1.807) is 11.3 Å². The van der Waals surface area contributed by atoms with Crippen molar-refractivity contribution in [1.82, 2.24) is 9.55 Å². The van der Waals surface area contributed by atoms with Crippen LogP contribution in [0.1, 0.15) is 31.7 Å². The molecule has 0 bridgehead atoms. The molecule has 0 aromatic carbocycles. The number of aliphatic hydroxyl groups excluding tert-OH is 1. The van der Waals surface area contributed by atoms with Gasteiger partial charge in [-0.05, 0) is 24.3 Å². The van der Waals surface area contributed by atoms with Crippen molar-refractivity contribution in [3.8, 4) is 10.7 Å². The van der Waals surface area contributed by atoms with Crippen molar-refractivity contribution in [3.63, 3.8) is 0 Å². The summed E-state index contributed by atoms with van der Waals surface area (Å²) in [5, 5.41) is 12.2. The SMILES string of the molecule is OC1CCCCC1n1ccnc1-c1cccs1. The van der Waals surface area contributed by atoms with Crippen LogP contribution in [0.15, 0.2) is 29.9 Å². The minimum Gasteiger partial charge on any atom is -0.391 e. The molecular formula is C13H16N2OS. The molecule has 2 aromatic heterocycles. The van der Waals surface area contributed by atoms with E-state index in [2.05, 4.69) is 21.0 Å². The second kappa shape index (κ2) is 4.63. The molecule has 0 aliphatic heterocycles. The highest BCUT2D eigenvalue weighted by Crippen LogP contribution is 2.33. The molecule has 4 heteroatoms. The molecule has 0 spiro atoms. The van der Waals surface area contributed by atoms with E-state index in [1.807, 2.05) is 18.5 Å². The van der Waals surface area contributed by atoms with Gasteiger partial charge in [0.15, 0.2) is 0 Å². The Labute approximate surface area is 105 Å². The molecule has 0 amide bonds. The van der Waals surface area contributed by atoms with Crippen LogP contribution in [-0.2, 0) is 0 Å². The topological polar surface area (TPSA) is 38.0 Å². The predicted octanol–water partition coefficient (Wildman–Crippen LogP) is 3.09. The monoisotopic (exact) mass is 248 g/mol. The van der Waals surface area contributed by atoms with Gasteiger partial charge in [-0.3, -0.25) is 0 Å². The van der Waals surface area contributed by atoms with Crippen molar-refractivity contribution in [3.05, 3.63) is 29.9 Å². The fourth-order valence-electron chi connectivity index (χ4n) is 2.59. The normalized spacial score (nSPS) is 25.0. The maximum atomic E-state index is 10.1. The molecular weight excluding hydrogens is 232 g/mol. The van der Waals surface area contributed by atoms with Gasteiger partial charge >= 0.3 is 0 Å². The third kappa shape index (κ3) is 2.03. The smallest absolute Gasteiger partial charge is 0.150 e. The lowest BCUT2D eigenvalue weighted by molar-refractivity contribution is 0.0762. The van der Waals surface area contributed by atoms with E-state index in [1.165, 1.54) is 11.3 Å². The lowest BCUT2D eigenvalue weighted by atomic mass is 9.92. The molecule has 1 saturated carbocycles. The second-order valence-electron chi connectivity index (χ2n) is 4.55. The lowest BCUT2D eigenvalue weighted by Gasteiger charge is -2.29. The molecule has 1 aliphatic carbocycles. The molecule has 0 saturated heterocycles. The minimum absolute atomic E-state index is 0.198. The van der Waals surface area contributed by atoms with Crippen LogP contribution in [-0.4, -0.2) is 20.8 Å². The Bertz CT molecular complexity index is 477. The quantitative estimate of drug-likeness (QED) is 0.887. The zero-order valence-electron chi connectivity index (χ0n) is 9.62. The summed E-state index contributed by atoms with van der Waals surface area (Å²) in [6.45, 7) is 0. The second-order valence-corrected chi connectivity index (χ2v) is 5.50. The van der Waals surface area contributed by atoms with Gasteiger partial charge in [0.25, 0.3) is 0 Å². The van der Waals surface area contributed by atoms with Crippen LogP contribution in [0.25, 0.3) is 10.7 Å². The summed E-state index contributed by atoms with van der Waals surface area (Å²) in [5.74, 6) is 0.992. The average Bonchev–Trinajstić information content (AvgIpc) is 3.00. The Kier molecular flexibility index (Phi) is 2.99. The number of aromatic nitrogens is 2. The molecule has 0 radical (unpaired) electrons. The van der Waals surface area contributed by atoms with Gasteiger partial charge < -0.3 is 9.67 Å². The first-order chi connectivity index (χ1) is 8.36. The summed E-state index contributed by atoms with van der Waals surface area (Å²) in [7, 11) is 0. The van der Waals surface area contributed by atoms with Gasteiger partial charge in [-0.1, -0.05) is 18.9 Å². The summed E-state index contributed by atoms with van der Waals surface area (Å²) in [6, 6.07) is 4.32. The largest absolute Gasteiger partial charge is 0.391 e. The van der Waals surface area contributed by atoms with Gasteiger partial charge in [-0.25, -0.2) is 4.98 Å². The third-order valence-electron chi connectivity index (χ3n) is 3.46. The Hall–Kier alpha value is -1.13. The molecule has 90 valence electrons. The molecule has 3 rings (SSSR count).